The molecule has 0 radical (unpaired) electrons. The summed E-state index contributed by atoms with van der Waals surface area (Å²) in [6.45, 7) is 4.89. The second-order valence-corrected chi connectivity index (χ2v) is 10.9. The fourth-order valence-corrected chi connectivity index (χ4v) is 6.65. The third-order valence-electron chi connectivity index (χ3n) is 5.40. The van der Waals surface area contributed by atoms with Gasteiger partial charge in [-0.15, -0.1) is 0 Å². The number of amides is 1. The Bertz CT molecular complexity index is 962. The molecule has 150 valence electrons. The summed E-state index contributed by atoms with van der Waals surface area (Å²) < 4.78 is 14.2. The third-order valence-corrected chi connectivity index (χ3v) is 8.58. The number of amidine groups is 1. The van der Waals surface area contributed by atoms with Crippen LogP contribution in [0.25, 0.3) is 0 Å². The van der Waals surface area contributed by atoms with Gasteiger partial charge in [0.15, 0.2) is 0 Å². The Morgan fingerprint density at radius 2 is 2.10 bits per heavy atom. The SMILES string of the molecule is CC1C(=O)NN=C2COc3cc(OCc4ccccc4)c([AsH]C4CNC4)cc3N21. The van der Waals surface area contributed by atoms with E-state index in [1.54, 1.807) is 0 Å². The summed E-state index contributed by atoms with van der Waals surface area (Å²) in [7, 11) is 0. The molecule has 1 saturated heterocycles. The van der Waals surface area contributed by atoms with Crippen molar-refractivity contribution in [1.29, 1.82) is 0 Å². The first-order chi connectivity index (χ1) is 14.2. The predicted molar refractivity (Wildman–Crippen MR) is 114 cm³/mol. The summed E-state index contributed by atoms with van der Waals surface area (Å²) in [5.74, 6) is 2.27. The number of benzene rings is 2. The van der Waals surface area contributed by atoms with E-state index in [0.29, 0.717) is 17.9 Å². The number of nitrogens with one attached hydrogen (secondary N) is 2. The molecular formula is C21H23AsN4O3. The molecule has 2 aromatic rings. The summed E-state index contributed by atoms with van der Waals surface area (Å²) in [6, 6.07) is 14.0. The average Bonchev–Trinajstić information content (AvgIpc) is 2.72. The van der Waals surface area contributed by atoms with Gasteiger partial charge in [-0.25, -0.2) is 0 Å². The van der Waals surface area contributed by atoms with Gasteiger partial charge in [0.05, 0.1) is 0 Å². The second kappa shape index (κ2) is 7.73. The van der Waals surface area contributed by atoms with Gasteiger partial charge in [0.25, 0.3) is 0 Å². The minimum atomic E-state index is -0.390. The Morgan fingerprint density at radius 3 is 2.86 bits per heavy atom. The summed E-state index contributed by atoms with van der Waals surface area (Å²) in [4.78, 5) is 14.2. The van der Waals surface area contributed by atoms with Gasteiger partial charge in [-0.1, -0.05) is 0 Å². The first-order valence-corrected chi connectivity index (χ1v) is 12.1. The molecule has 2 N–H and O–H groups in total. The molecule has 7 nitrogen and oxygen atoms in total. The first kappa shape index (κ1) is 18.5. The second-order valence-electron chi connectivity index (χ2n) is 7.43. The van der Waals surface area contributed by atoms with E-state index in [1.165, 1.54) is 4.35 Å². The number of ether oxygens (including phenoxy) is 2. The molecule has 0 aromatic heterocycles. The van der Waals surface area contributed by atoms with Crippen LogP contribution in [0, 0.1) is 0 Å². The van der Waals surface area contributed by atoms with Gasteiger partial charge in [0, 0.05) is 0 Å². The van der Waals surface area contributed by atoms with E-state index in [2.05, 4.69) is 34.0 Å². The van der Waals surface area contributed by atoms with Gasteiger partial charge in [-0.3, -0.25) is 0 Å². The van der Waals surface area contributed by atoms with Gasteiger partial charge in [-0.2, -0.15) is 0 Å². The fraction of sp³-hybridized carbons (Fsp3) is 0.333. The molecule has 3 heterocycles. The molecule has 3 aliphatic rings. The predicted octanol–water partition coefficient (Wildman–Crippen LogP) is 0.750. The van der Waals surface area contributed by atoms with E-state index in [-0.39, 0.29) is 27.7 Å². The Morgan fingerprint density at radius 1 is 1.28 bits per heavy atom. The number of fused-ring (bicyclic) bond motifs is 3. The van der Waals surface area contributed by atoms with E-state index in [0.717, 1.165) is 41.7 Å². The van der Waals surface area contributed by atoms with Crippen LogP contribution in [0.4, 0.5) is 5.69 Å². The van der Waals surface area contributed by atoms with E-state index >= 15 is 0 Å². The van der Waals surface area contributed by atoms with Crippen molar-refractivity contribution in [3.05, 3.63) is 48.0 Å². The fourth-order valence-electron chi connectivity index (χ4n) is 3.63. The van der Waals surface area contributed by atoms with Gasteiger partial charge in [-0.05, 0) is 0 Å². The van der Waals surface area contributed by atoms with Crippen LogP contribution < -0.4 is 29.5 Å². The standard InChI is InChI=1S/C21H23AsN4O3/c1-13-21(27)25-24-20-12-29-19-8-18(28-11-14-5-3-2-4-6-14)16(7-17(19)26(13)20)22-15-9-23-10-15/h2-8,13,15,22-23H,9-12H2,1H3,(H,25,27). The topological polar surface area (TPSA) is 75.2 Å². The number of rotatable bonds is 5. The zero-order chi connectivity index (χ0) is 19.8. The molecular weight excluding hydrogens is 431 g/mol. The normalized spacial score (nSPS) is 21.0. The number of anilines is 1. The number of hydrazone groups is 1. The number of hydrogen-bond acceptors (Lipinski definition) is 6. The Labute approximate surface area is 176 Å². The number of nitrogens with zero attached hydrogens (tertiary/aromatic N) is 2. The Balaban J connectivity index is 1.49. The van der Waals surface area contributed by atoms with Crippen molar-refractivity contribution in [3.63, 3.8) is 0 Å². The molecule has 29 heavy (non-hydrogen) atoms. The Kier molecular flexibility index (Phi) is 4.94. The molecule has 1 fully saturated rings. The molecule has 0 spiro atoms. The van der Waals surface area contributed by atoms with Crippen molar-refractivity contribution in [2.75, 3.05) is 24.6 Å². The Hall–Kier alpha value is -2.50. The summed E-state index contributed by atoms with van der Waals surface area (Å²) in [5.41, 5.74) is 4.63. The zero-order valence-corrected chi connectivity index (χ0v) is 18.2. The van der Waals surface area contributed by atoms with Crippen LogP contribution >= 0.6 is 0 Å². The van der Waals surface area contributed by atoms with E-state index in [4.69, 9.17) is 9.47 Å². The van der Waals surface area contributed by atoms with E-state index in [1.807, 2.05) is 36.1 Å². The molecule has 1 amide bonds. The van der Waals surface area contributed by atoms with Crippen LogP contribution in [-0.2, 0) is 11.4 Å². The number of hydrogen-bond donors (Lipinski definition) is 2. The molecule has 2 aromatic carbocycles. The maximum atomic E-state index is 12.2. The van der Waals surface area contributed by atoms with Gasteiger partial charge in [0.1, 0.15) is 0 Å². The summed E-state index contributed by atoms with van der Waals surface area (Å²) in [5, 5.41) is 7.55. The average molecular weight is 454 g/mol. The molecule has 2 unspecified atom stereocenters. The van der Waals surface area contributed by atoms with Crippen molar-refractivity contribution in [2.45, 2.75) is 24.3 Å². The number of carbonyl (C=O) groups excluding carboxylic acids is 1. The van der Waals surface area contributed by atoms with Crippen LogP contribution in [-0.4, -0.2) is 53.2 Å². The van der Waals surface area contributed by atoms with Crippen LogP contribution in [0.2, 0.25) is 4.71 Å². The van der Waals surface area contributed by atoms with Crippen LogP contribution in [0.15, 0.2) is 47.6 Å². The van der Waals surface area contributed by atoms with Crippen molar-refractivity contribution < 1.29 is 14.3 Å². The van der Waals surface area contributed by atoms with Gasteiger partial charge < -0.3 is 0 Å². The first-order valence-electron chi connectivity index (χ1n) is 9.79. The molecule has 5 rings (SSSR count). The third kappa shape index (κ3) is 3.60. The van der Waals surface area contributed by atoms with E-state index in [9.17, 15) is 4.79 Å². The van der Waals surface area contributed by atoms with Crippen LogP contribution in [0.5, 0.6) is 11.5 Å². The van der Waals surface area contributed by atoms with Gasteiger partial charge >= 0.3 is 176 Å². The molecule has 2 atom stereocenters. The zero-order valence-electron chi connectivity index (χ0n) is 16.1. The number of carbonyl (C=O) groups is 1. The molecule has 8 heteroatoms. The summed E-state index contributed by atoms with van der Waals surface area (Å²) >= 11 is -0.390. The van der Waals surface area contributed by atoms with Crippen molar-refractivity contribution in [3.8, 4) is 11.5 Å². The van der Waals surface area contributed by atoms with E-state index < -0.39 is 0 Å². The summed E-state index contributed by atoms with van der Waals surface area (Å²) in [6.07, 6.45) is 0. The quantitative estimate of drug-likeness (QED) is 0.653. The minimum absolute atomic E-state index is 0.105. The molecule has 3 aliphatic heterocycles. The molecule has 0 bridgehead atoms. The van der Waals surface area contributed by atoms with Crippen molar-refractivity contribution in [2.24, 2.45) is 5.10 Å². The van der Waals surface area contributed by atoms with Crippen LogP contribution in [0.3, 0.4) is 0 Å². The van der Waals surface area contributed by atoms with Crippen molar-refractivity contribution >= 4 is 37.5 Å². The maximum absolute atomic E-state index is 12.2. The molecule has 0 saturated carbocycles. The molecule has 0 aliphatic carbocycles. The monoisotopic (exact) mass is 454 g/mol. The van der Waals surface area contributed by atoms with Crippen molar-refractivity contribution in [1.82, 2.24) is 10.7 Å². The van der Waals surface area contributed by atoms with Crippen LogP contribution in [0.1, 0.15) is 12.5 Å². The van der Waals surface area contributed by atoms with Gasteiger partial charge in [0.2, 0.25) is 0 Å².